The number of nitrogens with zero attached hydrogens (tertiary/aromatic N) is 4. The van der Waals surface area contributed by atoms with Crippen LogP contribution in [0.3, 0.4) is 0 Å². The Balaban J connectivity index is 2.04. The number of aliphatic carboxylic acids is 1. The molecule has 1 atom stereocenters. The number of likely N-dealkylation sites (tertiary alicyclic amines) is 1. The van der Waals surface area contributed by atoms with E-state index >= 15 is 0 Å². The van der Waals surface area contributed by atoms with Crippen molar-refractivity contribution >= 4 is 22.9 Å². The lowest BCUT2D eigenvalue weighted by Crippen LogP contribution is -2.39. The fraction of sp³-hybridized carbons (Fsp3) is 0.467. The van der Waals surface area contributed by atoms with Crippen molar-refractivity contribution in [2.75, 3.05) is 13.1 Å². The first kappa shape index (κ1) is 15.4. The van der Waals surface area contributed by atoms with Crippen LogP contribution in [0.15, 0.2) is 6.07 Å². The van der Waals surface area contributed by atoms with Gasteiger partial charge in [-0.15, -0.1) is 0 Å². The molecular formula is C15H17FN4O3. The number of hydrogen-bond donors (Lipinski definition) is 1. The molecular weight excluding hydrogens is 303 g/mol. The van der Waals surface area contributed by atoms with E-state index in [-0.39, 0.29) is 13.0 Å². The summed E-state index contributed by atoms with van der Waals surface area (Å²) in [6.45, 7) is 3.17. The van der Waals surface area contributed by atoms with Gasteiger partial charge in [-0.25, -0.2) is 14.2 Å². The molecule has 1 amide bonds. The molecule has 0 bridgehead atoms. The van der Waals surface area contributed by atoms with Crippen LogP contribution in [-0.2, 0) is 11.8 Å². The molecule has 1 unspecified atom stereocenters. The number of pyridine rings is 1. The van der Waals surface area contributed by atoms with Gasteiger partial charge in [0.05, 0.1) is 23.2 Å². The second-order valence-corrected chi connectivity index (χ2v) is 5.97. The largest absolute Gasteiger partial charge is 0.479 e. The van der Waals surface area contributed by atoms with Crippen LogP contribution >= 0.6 is 0 Å². The van der Waals surface area contributed by atoms with Gasteiger partial charge in [0.1, 0.15) is 0 Å². The van der Waals surface area contributed by atoms with E-state index < -0.39 is 24.1 Å². The number of amides is 1. The highest BCUT2D eigenvalue weighted by Crippen LogP contribution is 2.29. The fourth-order valence-corrected chi connectivity index (χ4v) is 3.03. The molecule has 122 valence electrons. The van der Waals surface area contributed by atoms with Crippen molar-refractivity contribution in [3.63, 3.8) is 0 Å². The number of hydrogen-bond acceptors (Lipinski definition) is 4. The lowest BCUT2D eigenvalue weighted by Gasteiger charge is -2.18. The quantitative estimate of drug-likeness (QED) is 0.899. The lowest BCUT2D eigenvalue weighted by atomic mass is 10.1. The van der Waals surface area contributed by atoms with Crippen LogP contribution < -0.4 is 0 Å². The van der Waals surface area contributed by atoms with E-state index in [0.29, 0.717) is 28.0 Å². The van der Waals surface area contributed by atoms with Gasteiger partial charge in [0.2, 0.25) is 5.67 Å². The number of carbonyl (C=O) groups excluding carboxylic acids is 1. The van der Waals surface area contributed by atoms with E-state index in [2.05, 4.69) is 10.1 Å². The maximum atomic E-state index is 14.2. The van der Waals surface area contributed by atoms with E-state index in [1.807, 2.05) is 0 Å². The Morgan fingerprint density at radius 3 is 2.70 bits per heavy atom. The summed E-state index contributed by atoms with van der Waals surface area (Å²) in [7, 11) is 1.74. The van der Waals surface area contributed by atoms with Gasteiger partial charge < -0.3 is 10.0 Å². The van der Waals surface area contributed by atoms with Gasteiger partial charge in [0, 0.05) is 25.7 Å². The number of carboxylic acids is 1. The summed E-state index contributed by atoms with van der Waals surface area (Å²) in [5.41, 5.74) is -0.112. The molecule has 1 fully saturated rings. The van der Waals surface area contributed by atoms with Gasteiger partial charge in [0.25, 0.3) is 5.91 Å². The standard InChI is InChI=1S/C15H17FN4O3/c1-8-6-10(11-9(2)18-19(3)12(11)17-8)13(21)20-5-4-15(16,7-20)14(22)23/h6H,4-5,7H2,1-3H3,(H,22,23). The van der Waals surface area contributed by atoms with Gasteiger partial charge in [-0.2, -0.15) is 5.10 Å². The summed E-state index contributed by atoms with van der Waals surface area (Å²) in [6.07, 6.45) is -0.201. The van der Waals surface area contributed by atoms with E-state index in [1.54, 1.807) is 31.6 Å². The van der Waals surface area contributed by atoms with Crippen LogP contribution in [0.1, 0.15) is 28.2 Å². The van der Waals surface area contributed by atoms with E-state index in [1.165, 1.54) is 4.90 Å². The van der Waals surface area contributed by atoms with Crippen LogP contribution in [0.5, 0.6) is 0 Å². The number of halogens is 1. The highest BCUT2D eigenvalue weighted by atomic mass is 19.1. The minimum Gasteiger partial charge on any atom is -0.479 e. The van der Waals surface area contributed by atoms with Crippen LogP contribution in [0.25, 0.3) is 11.0 Å². The molecule has 23 heavy (non-hydrogen) atoms. The summed E-state index contributed by atoms with van der Waals surface area (Å²) in [6, 6.07) is 1.64. The zero-order chi connectivity index (χ0) is 16.9. The molecule has 7 nitrogen and oxygen atoms in total. The second kappa shape index (κ2) is 5.00. The number of aromatic nitrogens is 3. The van der Waals surface area contributed by atoms with Crippen molar-refractivity contribution in [2.45, 2.75) is 25.9 Å². The predicted molar refractivity (Wildman–Crippen MR) is 80.0 cm³/mol. The molecule has 3 heterocycles. The summed E-state index contributed by atoms with van der Waals surface area (Å²) >= 11 is 0. The monoisotopic (exact) mass is 320 g/mol. The van der Waals surface area contributed by atoms with Crippen LogP contribution in [0, 0.1) is 13.8 Å². The van der Waals surface area contributed by atoms with Crippen LogP contribution in [-0.4, -0.2) is 55.4 Å². The predicted octanol–water partition coefficient (Wildman–Crippen LogP) is 1.22. The Labute approximate surface area is 131 Å². The highest BCUT2D eigenvalue weighted by Gasteiger charge is 2.47. The molecule has 3 rings (SSSR count). The molecule has 1 aliphatic rings. The molecule has 8 heteroatoms. The van der Waals surface area contributed by atoms with Crippen LogP contribution in [0.2, 0.25) is 0 Å². The van der Waals surface area contributed by atoms with E-state index in [0.717, 1.165) is 0 Å². The molecule has 2 aromatic heterocycles. The molecule has 1 saturated heterocycles. The Hall–Kier alpha value is -2.51. The third kappa shape index (κ3) is 2.34. The second-order valence-electron chi connectivity index (χ2n) is 5.97. The van der Waals surface area contributed by atoms with Crippen molar-refractivity contribution in [3.05, 3.63) is 23.0 Å². The van der Waals surface area contributed by atoms with Crippen molar-refractivity contribution in [3.8, 4) is 0 Å². The SMILES string of the molecule is Cc1cc(C(=O)N2CCC(F)(C(=O)O)C2)c2c(C)nn(C)c2n1. The minimum atomic E-state index is -2.37. The van der Waals surface area contributed by atoms with Crippen molar-refractivity contribution in [2.24, 2.45) is 7.05 Å². The van der Waals surface area contributed by atoms with E-state index in [9.17, 15) is 14.0 Å². The number of alkyl halides is 1. The Bertz CT molecular complexity index is 832. The average Bonchev–Trinajstić information content (AvgIpc) is 3.00. The average molecular weight is 320 g/mol. The Morgan fingerprint density at radius 1 is 1.39 bits per heavy atom. The third-order valence-electron chi connectivity index (χ3n) is 4.22. The first-order chi connectivity index (χ1) is 10.7. The van der Waals surface area contributed by atoms with Gasteiger partial charge in [0.15, 0.2) is 5.65 Å². The molecule has 0 radical (unpaired) electrons. The smallest absolute Gasteiger partial charge is 0.343 e. The summed E-state index contributed by atoms with van der Waals surface area (Å²) < 4.78 is 15.8. The van der Waals surface area contributed by atoms with Gasteiger partial charge >= 0.3 is 5.97 Å². The van der Waals surface area contributed by atoms with E-state index in [4.69, 9.17) is 5.11 Å². The topological polar surface area (TPSA) is 88.3 Å². The van der Waals surface area contributed by atoms with Crippen molar-refractivity contribution < 1.29 is 19.1 Å². The first-order valence-corrected chi connectivity index (χ1v) is 7.25. The molecule has 0 spiro atoms. The molecule has 0 saturated carbocycles. The number of fused-ring (bicyclic) bond motifs is 1. The maximum absolute atomic E-state index is 14.2. The third-order valence-corrected chi connectivity index (χ3v) is 4.22. The molecule has 0 aliphatic carbocycles. The van der Waals surface area contributed by atoms with Gasteiger partial charge in [-0.3, -0.25) is 9.48 Å². The molecule has 1 N–H and O–H groups in total. The molecule has 0 aromatic carbocycles. The fourth-order valence-electron chi connectivity index (χ4n) is 3.03. The number of carbonyl (C=O) groups is 2. The molecule has 2 aromatic rings. The maximum Gasteiger partial charge on any atom is 0.343 e. The Morgan fingerprint density at radius 2 is 2.09 bits per heavy atom. The van der Waals surface area contributed by atoms with Gasteiger partial charge in [-0.1, -0.05) is 0 Å². The summed E-state index contributed by atoms with van der Waals surface area (Å²) in [4.78, 5) is 29.4. The molecule has 1 aliphatic heterocycles. The lowest BCUT2D eigenvalue weighted by molar-refractivity contribution is -0.149. The van der Waals surface area contributed by atoms with Crippen molar-refractivity contribution in [1.82, 2.24) is 19.7 Å². The van der Waals surface area contributed by atoms with Crippen molar-refractivity contribution in [1.29, 1.82) is 0 Å². The van der Waals surface area contributed by atoms with Crippen LogP contribution in [0.4, 0.5) is 4.39 Å². The van der Waals surface area contributed by atoms with Gasteiger partial charge in [-0.05, 0) is 19.9 Å². The first-order valence-electron chi connectivity index (χ1n) is 7.25. The summed E-state index contributed by atoms with van der Waals surface area (Å²) in [5.74, 6) is -1.92. The zero-order valence-electron chi connectivity index (χ0n) is 13.1. The Kier molecular flexibility index (Phi) is 3.35. The number of rotatable bonds is 2. The summed E-state index contributed by atoms with van der Waals surface area (Å²) in [5, 5.41) is 13.9. The normalized spacial score (nSPS) is 21.1. The number of aryl methyl sites for hydroxylation is 3. The minimum absolute atomic E-state index is 0.0732. The zero-order valence-corrected chi connectivity index (χ0v) is 13.1. The highest BCUT2D eigenvalue weighted by molar-refractivity contribution is 6.07. The number of carboxylic acid groups (broad SMARTS) is 1.